The number of aliphatic hydroxyl groups excluding tert-OH is 1. The van der Waals surface area contributed by atoms with Crippen molar-refractivity contribution in [2.75, 3.05) is 6.54 Å². The number of rotatable bonds is 4. The van der Waals surface area contributed by atoms with Crippen molar-refractivity contribution in [2.45, 2.75) is 162 Å². The van der Waals surface area contributed by atoms with Gasteiger partial charge in [0, 0.05) is 6.04 Å². The quantitative estimate of drug-likeness (QED) is 0.353. The van der Waals surface area contributed by atoms with Gasteiger partial charge in [0.1, 0.15) is 0 Å². The van der Waals surface area contributed by atoms with Crippen LogP contribution < -0.4 is 10.6 Å². The highest BCUT2D eigenvalue weighted by molar-refractivity contribution is 5.82. The summed E-state index contributed by atoms with van der Waals surface area (Å²) in [6.07, 6.45) is 11.1. The lowest BCUT2D eigenvalue weighted by molar-refractivity contribution is -0.240. The molecule has 2 aliphatic heterocycles. The number of carbonyl (C=O) groups excluding carboxylic acids is 1. The normalized spacial score (nSPS) is 52.9. The molecule has 6 rings (SSSR count). The van der Waals surface area contributed by atoms with Crippen LogP contribution in [0.3, 0.4) is 0 Å². The maximum atomic E-state index is 13.1. The Morgan fingerprint density at radius 2 is 1.61 bits per heavy atom. The van der Waals surface area contributed by atoms with Crippen LogP contribution in [0.2, 0.25) is 0 Å². The second-order valence-electron chi connectivity index (χ2n) is 17.6. The first kappa shape index (κ1) is 30.3. The van der Waals surface area contributed by atoms with E-state index in [0.717, 1.165) is 64.3 Å². The fraction of sp³-hybridized carbons (Fsp3) is 0.971. The molecule has 0 aromatic carbocycles. The molecular weight excluding hydrogens is 512 g/mol. The van der Waals surface area contributed by atoms with Gasteiger partial charge in [-0.1, -0.05) is 34.6 Å². The van der Waals surface area contributed by atoms with Crippen LogP contribution in [-0.4, -0.2) is 58.2 Å². The van der Waals surface area contributed by atoms with Crippen molar-refractivity contribution in [3.05, 3.63) is 0 Å². The molecule has 6 nitrogen and oxygen atoms in total. The highest BCUT2D eigenvalue weighted by atomic mass is 16.5. The first-order valence-corrected chi connectivity index (χ1v) is 17.1. The number of fused-ring (bicyclic) bond motifs is 5. The fourth-order valence-electron chi connectivity index (χ4n) is 12.5. The van der Waals surface area contributed by atoms with Crippen molar-refractivity contribution in [2.24, 2.45) is 45.3 Å². The predicted octanol–water partition coefficient (Wildman–Crippen LogP) is 5.59. The summed E-state index contributed by atoms with van der Waals surface area (Å²) in [5.74, 6) is 1.75. The van der Waals surface area contributed by atoms with Gasteiger partial charge < -0.3 is 25.6 Å². The summed E-state index contributed by atoms with van der Waals surface area (Å²) in [6.45, 7) is 19.4. The molecule has 2 saturated heterocycles. The van der Waals surface area contributed by atoms with E-state index in [1.165, 1.54) is 12.8 Å². The van der Waals surface area contributed by atoms with Gasteiger partial charge in [0.15, 0.2) is 0 Å². The molecule has 4 aliphatic carbocycles. The maximum absolute atomic E-state index is 13.1. The summed E-state index contributed by atoms with van der Waals surface area (Å²) in [4.78, 5) is 13.1. The molecule has 41 heavy (non-hydrogen) atoms. The molecule has 2 heterocycles. The molecule has 0 bridgehead atoms. The van der Waals surface area contributed by atoms with Crippen LogP contribution >= 0.6 is 0 Å². The summed E-state index contributed by atoms with van der Waals surface area (Å²) in [5, 5.41) is 29.7. The molecule has 4 N–H and O–H groups in total. The highest BCUT2D eigenvalue weighted by Crippen LogP contribution is 2.76. The smallest absolute Gasteiger partial charge is 0.237 e. The zero-order chi connectivity index (χ0) is 29.8. The molecule has 1 amide bonds. The lowest BCUT2D eigenvalue weighted by Gasteiger charge is -2.71. The Balaban J connectivity index is 1.25. The molecule has 0 aromatic heterocycles. The molecule has 6 heteroatoms. The number of amides is 1. The van der Waals surface area contributed by atoms with E-state index in [0.29, 0.717) is 17.8 Å². The van der Waals surface area contributed by atoms with Crippen molar-refractivity contribution in [3.63, 3.8) is 0 Å². The number of hydrogen-bond donors (Lipinski definition) is 4. The van der Waals surface area contributed by atoms with Gasteiger partial charge in [0.25, 0.3) is 0 Å². The van der Waals surface area contributed by atoms with Gasteiger partial charge in [0.2, 0.25) is 5.91 Å². The van der Waals surface area contributed by atoms with E-state index < -0.39 is 5.60 Å². The maximum Gasteiger partial charge on any atom is 0.237 e. The second kappa shape index (κ2) is 9.65. The Bertz CT molecular complexity index is 1030. The number of aliphatic hydroxyl groups is 2. The number of carbonyl (C=O) groups is 1. The molecule has 0 aromatic rings. The summed E-state index contributed by atoms with van der Waals surface area (Å²) in [7, 11) is 0. The molecule has 6 fully saturated rings. The number of nitrogens with one attached hydrogen (secondary N) is 2. The third-order valence-corrected chi connectivity index (χ3v) is 15.0. The van der Waals surface area contributed by atoms with E-state index in [1.807, 2.05) is 13.8 Å². The van der Waals surface area contributed by atoms with Gasteiger partial charge in [-0.3, -0.25) is 4.79 Å². The van der Waals surface area contributed by atoms with Gasteiger partial charge in [0.05, 0.1) is 29.5 Å². The van der Waals surface area contributed by atoms with Crippen molar-refractivity contribution < 1.29 is 19.7 Å². The Kier molecular flexibility index (Phi) is 7.14. The fourth-order valence-corrected chi connectivity index (χ4v) is 12.5. The summed E-state index contributed by atoms with van der Waals surface area (Å²) in [6, 6.07) is 0.176. The highest BCUT2D eigenvalue weighted by Gasteiger charge is 2.72. The molecule has 234 valence electrons. The van der Waals surface area contributed by atoms with E-state index >= 15 is 0 Å². The van der Waals surface area contributed by atoms with Gasteiger partial charge in [-0.2, -0.15) is 0 Å². The van der Waals surface area contributed by atoms with Crippen LogP contribution in [0.15, 0.2) is 0 Å². The summed E-state index contributed by atoms with van der Waals surface area (Å²) >= 11 is 0. The van der Waals surface area contributed by atoms with Crippen LogP contribution in [0.4, 0.5) is 0 Å². The Morgan fingerprint density at radius 3 is 2.24 bits per heavy atom. The van der Waals surface area contributed by atoms with Crippen LogP contribution in [0.25, 0.3) is 0 Å². The standard InChI is InChI=1S/C35H60N2O4/c1-30(2)24-12-17-33(6)25(32(24,5)15-13-26(30)37-29(39)22-10-9-19-36-22)20-23(38)28-21(11-16-34(28,33)7)35(8)18-14-27(41-35)31(3,4)40/h21-28,36,38,40H,9-20H2,1-8H3,(H,37,39)/t21-,22+,23+,24-,25+,26-,27+,28-,32-,33+,34+,35-/m0/s1. The van der Waals surface area contributed by atoms with E-state index in [9.17, 15) is 15.0 Å². The SMILES string of the molecule is CC(C)(O)[C@H]1CC[C@@](C)([C@H]2CC[C@]3(C)[C@@H]2[C@H](O)C[C@@H]2[C@@]4(C)CC[C@H](NC(=O)[C@H]5CCCN5)C(C)(C)[C@@H]4CC[C@]23C)O1. The van der Waals surface area contributed by atoms with Crippen molar-refractivity contribution in [1.29, 1.82) is 0 Å². The first-order valence-electron chi connectivity index (χ1n) is 17.1. The second-order valence-corrected chi connectivity index (χ2v) is 17.6. The predicted molar refractivity (Wildman–Crippen MR) is 162 cm³/mol. The van der Waals surface area contributed by atoms with Crippen LogP contribution in [0.5, 0.6) is 0 Å². The van der Waals surface area contributed by atoms with Crippen LogP contribution in [-0.2, 0) is 9.53 Å². The van der Waals surface area contributed by atoms with Gasteiger partial charge >= 0.3 is 0 Å². The first-order chi connectivity index (χ1) is 19.0. The minimum atomic E-state index is -0.840. The third kappa shape index (κ3) is 4.34. The summed E-state index contributed by atoms with van der Waals surface area (Å²) in [5.41, 5.74) is -0.729. The third-order valence-electron chi connectivity index (χ3n) is 15.0. The number of hydrogen-bond acceptors (Lipinski definition) is 5. The van der Waals surface area contributed by atoms with Crippen LogP contribution in [0, 0.1) is 45.3 Å². The molecule has 0 unspecified atom stereocenters. The van der Waals surface area contributed by atoms with E-state index in [4.69, 9.17) is 4.74 Å². The summed E-state index contributed by atoms with van der Waals surface area (Å²) < 4.78 is 6.72. The lowest BCUT2D eigenvalue weighted by atomic mass is 9.35. The van der Waals surface area contributed by atoms with Crippen molar-refractivity contribution in [1.82, 2.24) is 10.6 Å². The Hall–Kier alpha value is -0.690. The monoisotopic (exact) mass is 572 g/mol. The minimum Gasteiger partial charge on any atom is -0.393 e. The van der Waals surface area contributed by atoms with Crippen molar-refractivity contribution >= 4 is 5.91 Å². The minimum absolute atomic E-state index is 0.0147. The molecule has 4 saturated carbocycles. The molecule has 0 radical (unpaired) electrons. The van der Waals surface area contributed by atoms with Gasteiger partial charge in [-0.25, -0.2) is 0 Å². The van der Waals surface area contributed by atoms with E-state index in [2.05, 4.69) is 52.2 Å². The molecular formula is C35H60N2O4. The van der Waals surface area contributed by atoms with Crippen LogP contribution in [0.1, 0.15) is 126 Å². The number of ether oxygens (including phenoxy) is 1. The van der Waals surface area contributed by atoms with E-state index in [-0.39, 0.29) is 63.4 Å². The average Bonchev–Trinajstić information content (AvgIpc) is 3.62. The Labute approximate surface area is 249 Å². The van der Waals surface area contributed by atoms with Gasteiger partial charge in [-0.05, 0) is 143 Å². The Morgan fingerprint density at radius 1 is 0.902 bits per heavy atom. The topological polar surface area (TPSA) is 90.8 Å². The lowest BCUT2D eigenvalue weighted by Crippen LogP contribution is -2.68. The zero-order valence-corrected chi connectivity index (χ0v) is 27.3. The zero-order valence-electron chi connectivity index (χ0n) is 27.3. The van der Waals surface area contributed by atoms with Gasteiger partial charge in [-0.15, -0.1) is 0 Å². The molecule has 0 spiro atoms. The van der Waals surface area contributed by atoms with Crippen molar-refractivity contribution in [3.8, 4) is 0 Å². The molecule has 12 atom stereocenters. The average molecular weight is 573 g/mol. The molecule has 6 aliphatic rings. The largest absolute Gasteiger partial charge is 0.393 e. The van der Waals surface area contributed by atoms with E-state index in [1.54, 1.807) is 0 Å².